The van der Waals surface area contributed by atoms with E-state index < -0.39 is 11.8 Å². The molecule has 0 fully saturated rings. The molecule has 0 unspecified atom stereocenters. The molecule has 26 heavy (non-hydrogen) atoms. The number of hydrogen-bond donors (Lipinski definition) is 3. The van der Waals surface area contributed by atoms with Gasteiger partial charge in [0.2, 0.25) is 12.7 Å². The summed E-state index contributed by atoms with van der Waals surface area (Å²) in [6, 6.07) is 11.7. The molecule has 1 aliphatic rings. The molecule has 3 N–H and O–H groups in total. The van der Waals surface area contributed by atoms with Crippen LogP contribution < -0.4 is 25.4 Å². The maximum atomic E-state index is 12.2. The summed E-state index contributed by atoms with van der Waals surface area (Å²) < 4.78 is 10.4. The second-order valence-electron chi connectivity index (χ2n) is 5.42. The van der Waals surface area contributed by atoms with E-state index in [0.717, 1.165) is 0 Å². The van der Waals surface area contributed by atoms with Crippen molar-refractivity contribution in [2.45, 2.75) is 0 Å². The molecule has 1 heterocycles. The molecule has 0 saturated carbocycles. The van der Waals surface area contributed by atoms with Gasteiger partial charge in [0.15, 0.2) is 11.5 Å². The molecule has 0 bridgehead atoms. The van der Waals surface area contributed by atoms with E-state index in [9.17, 15) is 9.59 Å². The third-order valence-electron chi connectivity index (χ3n) is 3.74. The first-order chi connectivity index (χ1) is 12.6. The maximum Gasteiger partial charge on any atom is 0.251 e. The van der Waals surface area contributed by atoms with Crippen LogP contribution in [0.4, 0.5) is 11.4 Å². The molecule has 3 rings (SSSR count). The van der Waals surface area contributed by atoms with E-state index in [1.807, 2.05) is 6.07 Å². The third kappa shape index (κ3) is 3.67. The van der Waals surface area contributed by atoms with E-state index >= 15 is 0 Å². The molecule has 132 valence electrons. The van der Waals surface area contributed by atoms with Crippen LogP contribution in [0.25, 0.3) is 0 Å². The minimum absolute atomic E-state index is 0.123. The number of ether oxygens (including phenoxy) is 2. The van der Waals surface area contributed by atoms with Crippen molar-refractivity contribution in [3.8, 4) is 17.6 Å². The van der Waals surface area contributed by atoms with Crippen LogP contribution >= 0.6 is 0 Å². The second kappa shape index (κ2) is 7.44. The number of benzene rings is 2. The Hall–Kier alpha value is -3.73. The van der Waals surface area contributed by atoms with E-state index in [1.165, 1.54) is 0 Å². The fraction of sp³-hybridized carbons (Fsp3) is 0.167. The van der Waals surface area contributed by atoms with Crippen molar-refractivity contribution in [2.24, 2.45) is 0 Å². The lowest BCUT2D eigenvalue weighted by Gasteiger charge is -2.11. The molecule has 2 aromatic rings. The summed E-state index contributed by atoms with van der Waals surface area (Å²) in [5.41, 5.74) is 1.92. The number of anilines is 2. The Kier molecular flexibility index (Phi) is 4.90. The zero-order valence-corrected chi connectivity index (χ0v) is 14.0. The van der Waals surface area contributed by atoms with Gasteiger partial charge in [-0.2, -0.15) is 5.26 Å². The van der Waals surface area contributed by atoms with Gasteiger partial charge in [-0.15, -0.1) is 0 Å². The first-order valence-electron chi connectivity index (χ1n) is 7.80. The molecule has 0 aromatic heterocycles. The topological polar surface area (TPSA) is 112 Å². The smallest absolute Gasteiger partial charge is 0.251 e. The van der Waals surface area contributed by atoms with Gasteiger partial charge in [0.05, 0.1) is 29.6 Å². The Morgan fingerprint density at radius 3 is 2.69 bits per heavy atom. The highest BCUT2D eigenvalue weighted by molar-refractivity contribution is 6.00. The minimum Gasteiger partial charge on any atom is -0.454 e. The van der Waals surface area contributed by atoms with Crippen molar-refractivity contribution in [3.05, 3.63) is 47.5 Å². The number of carbonyl (C=O) groups is 2. The van der Waals surface area contributed by atoms with Crippen molar-refractivity contribution in [2.75, 3.05) is 31.0 Å². The standard InChI is InChI=1S/C18H16N4O4/c1-20-13-4-2-11(8-19)6-14(13)22-17(23)9-21-18(24)12-3-5-15-16(7-12)26-10-25-15/h2-7,20H,9-10H2,1H3,(H,21,24)(H,22,23). The Balaban J connectivity index is 1.61. The predicted molar refractivity (Wildman–Crippen MR) is 94.2 cm³/mol. The summed E-state index contributed by atoms with van der Waals surface area (Å²) in [7, 11) is 1.71. The van der Waals surface area contributed by atoms with Crippen LogP contribution in [0.1, 0.15) is 15.9 Å². The molecule has 2 amide bonds. The Bertz CT molecular complexity index is 905. The van der Waals surface area contributed by atoms with Gasteiger partial charge in [0.1, 0.15) is 0 Å². The lowest BCUT2D eigenvalue weighted by atomic mass is 10.2. The molecule has 2 aromatic carbocycles. The Morgan fingerprint density at radius 1 is 1.12 bits per heavy atom. The summed E-state index contributed by atoms with van der Waals surface area (Å²) in [5.74, 6) is 0.258. The van der Waals surface area contributed by atoms with E-state index in [0.29, 0.717) is 34.0 Å². The summed E-state index contributed by atoms with van der Waals surface area (Å²) in [5, 5.41) is 17.1. The summed E-state index contributed by atoms with van der Waals surface area (Å²) in [6.07, 6.45) is 0. The summed E-state index contributed by atoms with van der Waals surface area (Å²) in [4.78, 5) is 24.3. The van der Waals surface area contributed by atoms with E-state index in [4.69, 9.17) is 14.7 Å². The molecule has 8 heteroatoms. The van der Waals surface area contributed by atoms with Gasteiger partial charge < -0.3 is 25.4 Å². The first kappa shape index (κ1) is 17.1. The molecule has 8 nitrogen and oxygen atoms in total. The quantitative estimate of drug-likeness (QED) is 0.755. The minimum atomic E-state index is -0.411. The van der Waals surface area contributed by atoms with Crippen molar-refractivity contribution in [1.82, 2.24) is 5.32 Å². The van der Waals surface area contributed by atoms with Gasteiger partial charge in [0, 0.05) is 12.6 Å². The highest BCUT2D eigenvalue weighted by Gasteiger charge is 2.17. The monoisotopic (exact) mass is 352 g/mol. The fourth-order valence-electron chi connectivity index (χ4n) is 2.43. The normalized spacial score (nSPS) is 11.4. The number of amides is 2. The molecule has 0 radical (unpaired) electrons. The van der Waals surface area contributed by atoms with Crippen LogP contribution in [0, 0.1) is 11.3 Å². The lowest BCUT2D eigenvalue weighted by molar-refractivity contribution is -0.115. The predicted octanol–water partition coefficient (Wildman–Crippen LogP) is 1.70. The molecule has 0 atom stereocenters. The molecular formula is C18H16N4O4. The third-order valence-corrected chi connectivity index (χ3v) is 3.74. The zero-order valence-electron chi connectivity index (χ0n) is 14.0. The van der Waals surface area contributed by atoms with Crippen molar-refractivity contribution in [1.29, 1.82) is 5.26 Å². The number of nitrogens with zero attached hydrogens (tertiary/aromatic N) is 1. The van der Waals surface area contributed by atoms with Gasteiger partial charge in [-0.3, -0.25) is 9.59 Å². The molecular weight excluding hydrogens is 336 g/mol. The van der Waals surface area contributed by atoms with Crippen LogP contribution in [0.15, 0.2) is 36.4 Å². The van der Waals surface area contributed by atoms with Crippen molar-refractivity contribution >= 4 is 23.2 Å². The molecule has 1 aliphatic heterocycles. The Morgan fingerprint density at radius 2 is 1.92 bits per heavy atom. The summed E-state index contributed by atoms with van der Waals surface area (Å²) in [6.45, 7) is -0.0917. The van der Waals surface area contributed by atoms with Crippen LogP contribution in [0.3, 0.4) is 0 Å². The highest BCUT2D eigenvalue weighted by atomic mass is 16.7. The van der Waals surface area contributed by atoms with Gasteiger partial charge in [-0.1, -0.05) is 0 Å². The average Bonchev–Trinajstić information content (AvgIpc) is 3.13. The lowest BCUT2D eigenvalue weighted by Crippen LogP contribution is -2.33. The van der Waals surface area contributed by atoms with Crippen LogP contribution in [-0.4, -0.2) is 32.2 Å². The first-order valence-corrected chi connectivity index (χ1v) is 7.80. The SMILES string of the molecule is CNc1ccc(C#N)cc1NC(=O)CNC(=O)c1ccc2c(c1)OCO2. The van der Waals surface area contributed by atoms with Gasteiger partial charge in [-0.05, 0) is 36.4 Å². The number of hydrogen-bond acceptors (Lipinski definition) is 6. The van der Waals surface area contributed by atoms with E-state index in [2.05, 4.69) is 16.0 Å². The number of fused-ring (bicyclic) bond motifs is 1. The van der Waals surface area contributed by atoms with Crippen LogP contribution in [-0.2, 0) is 4.79 Å². The van der Waals surface area contributed by atoms with Crippen LogP contribution in [0.2, 0.25) is 0 Å². The number of carbonyl (C=O) groups excluding carboxylic acids is 2. The van der Waals surface area contributed by atoms with E-state index in [-0.39, 0.29) is 13.3 Å². The molecule has 0 spiro atoms. The van der Waals surface area contributed by atoms with Crippen molar-refractivity contribution < 1.29 is 19.1 Å². The highest BCUT2D eigenvalue weighted by Crippen LogP contribution is 2.32. The number of nitriles is 1. The van der Waals surface area contributed by atoms with Gasteiger partial charge in [-0.25, -0.2) is 0 Å². The largest absolute Gasteiger partial charge is 0.454 e. The Labute approximate surface area is 149 Å². The van der Waals surface area contributed by atoms with Crippen molar-refractivity contribution in [3.63, 3.8) is 0 Å². The average molecular weight is 352 g/mol. The van der Waals surface area contributed by atoms with Crippen LogP contribution in [0.5, 0.6) is 11.5 Å². The number of nitrogens with one attached hydrogen (secondary N) is 3. The fourth-order valence-corrected chi connectivity index (χ4v) is 2.43. The van der Waals surface area contributed by atoms with Gasteiger partial charge >= 0.3 is 0 Å². The number of rotatable bonds is 5. The second-order valence-corrected chi connectivity index (χ2v) is 5.42. The summed E-state index contributed by atoms with van der Waals surface area (Å²) >= 11 is 0. The van der Waals surface area contributed by atoms with Gasteiger partial charge in [0.25, 0.3) is 5.91 Å². The maximum absolute atomic E-state index is 12.2. The van der Waals surface area contributed by atoms with E-state index in [1.54, 1.807) is 43.4 Å². The molecule has 0 aliphatic carbocycles. The molecule has 0 saturated heterocycles. The zero-order chi connectivity index (χ0) is 18.5.